The molecule has 1 heterocycles. The van der Waals surface area contributed by atoms with Gasteiger partial charge in [-0.05, 0) is 31.5 Å². The van der Waals surface area contributed by atoms with Crippen LogP contribution in [0.3, 0.4) is 0 Å². The van der Waals surface area contributed by atoms with Crippen molar-refractivity contribution < 1.29 is 12.8 Å². The van der Waals surface area contributed by atoms with Gasteiger partial charge in [-0.3, -0.25) is 9.40 Å². The average molecular weight is 363 g/mol. The van der Waals surface area contributed by atoms with Crippen LogP contribution in [0.15, 0.2) is 12.1 Å². The summed E-state index contributed by atoms with van der Waals surface area (Å²) in [5.74, 6) is -0.171. The van der Waals surface area contributed by atoms with Crippen LogP contribution in [0.4, 0.5) is 10.2 Å². The van der Waals surface area contributed by atoms with E-state index < -0.39 is 16.2 Å². The van der Waals surface area contributed by atoms with Gasteiger partial charge in [0.2, 0.25) is 10.0 Å². The predicted molar refractivity (Wildman–Crippen MR) is 91.0 cm³/mol. The van der Waals surface area contributed by atoms with Crippen molar-refractivity contribution in [1.29, 1.82) is 0 Å². The van der Waals surface area contributed by atoms with Crippen molar-refractivity contribution in [2.75, 3.05) is 17.5 Å². The molecule has 128 valence electrons. The minimum absolute atomic E-state index is 0.162. The summed E-state index contributed by atoms with van der Waals surface area (Å²) in [7, 11) is -1.80. The number of nitrogens with zero attached hydrogens (tertiary/aromatic N) is 2. The van der Waals surface area contributed by atoms with E-state index in [1.807, 2.05) is 0 Å². The summed E-state index contributed by atoms with van der Waals surface area (Å²) in [6.07, 6.45) is 0.410. The van der Waals surface area contributed by atoms with Crippen LogP contribution in [0, 0.1) is 5.92 Å². The molecule has 0 amide bonds. The maximum atomic E-state index is 13.6. The molecule has 1 aromatic carbocycles. The van der Waals surface area contributed by atoms with E-state index in [9.17, 15) is 12.8 Å². The van der Waals surface area contributed by atoms with E-state index in [2.05, 4.69) is 9.82 Å². The molecule has 0 aliphatic heterocycles. The Morgan fingerprint density at radius 3 is 2.65 bits per heavy atom. The number of hydrogen-bond donors (Lipinski definition) is 2. The van der Waals surface area contributed by atoms with Crippen molar-refractivity contribution in [3.63, 3.8) is 0 Å². The van der Waals surface area contributed by atoms with Crippen molar-refractivity contribution in [2.24, 2.45) is 18.7 Å². The summed E-state index contributed by atoms with van der Waals surface area (Å²) < 4.78 is 40.5. The minimum atomic E-state index is -3.49. The molecule has 0 radical (unpaired) electrons. The number of aromatic nitrogens is 2. The molecule has 0 aliphatic rings. The van der Waals surface area contributed by atoms with Gasteiger partial charge in [0.15, 0.2) is 5.82 Å². The number of alkyl halides is 1. The maximum Gasteiger partial charge on any atom is 0.231 e. The number of rotatable bonds is 6. The summed E-state index contributed by atoms with van der Waals surface area (Å²) in [6, 6.07) is 3.45. The van der Waals surface area contributed by atoms with Crippen molar-refractivity contribution in [2.45, 2.75) is 19.5 Å². The van der Waals surface area contributed by atoms with Crippen molar-refractivity contribution in [3.8, 4) is 0 Å². The summed E-state index contributed by atoms with van der Waals surface area (Å²) >= 11 is 6.22. The molecule has 3 N–H and O–H groups in total. The maximum absolute atomic E-state index is 13.6. The van der Waals surface area contributed by atoms with E-state index in [-0.39, 0.29) is 18.3 Å². The molecule has 0 spiro atoms. The Hall–Kier alpha value is -1.38. The second-order valence-electron chi connectivity index (χ2n) is 5.65. The van der Waals surface area contributed by atoms with Gasteiger partial charge >= 0.3 is 0 Å². The van der Waals surface area contributed by atoms with Crippen molar-refractivity contribution in [3.05, 3.63) is 22.7 Å². The van der Waals surface area contributed by atoms with Crippen LogP contribution in [0.25, 0.3) is 10.9 Å². The third-order valence-electron chi connectivity index (χ3n) is 3.74. The minimum Gasteiger partial charge on any atom is -0.330 e. The van der Waals surface area contributed by atoms with Gasteiger partial charge in [0.25, 0.3) is 0 Å². The average Bonchev–Trinajstić information content (AvgIpc) is 2.73. The molecular weight excluding hydrogens is 343 g/mol. The van der Waals surface area contributed by atoms with Crippen LogP contribution >= 0.6 is 11.6 Å². The molecule has 1 unspecified atom stereocenters. The monoisotopic (exact) mass is 362 g/mol. The zero-order chi connectivity index (χ0) is 17.4. The Kier molecular flexibility index (Phi) is 5.17. The molecule has 0 fully saturated rings. The first kappa shape index (κ1) is 18.0. The fourth-order valence-corrected chi connectivity index (χ4v) is 3.32. The Morgan fingerprint density at radius 2 is 2.13 bits per heavy atom. The number of nitrogens with one attached hydrogen (secondary N) is 1. The molecule has 6 nitrogen and oxygen atoms in total. The van der Waals surface area contributed by atoms with Gasteiger partial charge in [-0.1, -0.05) is 17.7 Å². The van der Waals surface area contributed by atoms with Gasteiger partial charge in [0.05, 0.1) is 22.2 Å². The largest absolute Gasteiger partial charge is 0.330 e. The van der Waals surface area contributed by atoms with Crippen LogP contribution < -0.4 is 10.5 Å². The first-order valence-corrected chi connectivity index (χ1v) is 9.37. The number of hydrogen-bond acceptors (Lipinski definition) is 4. The van der Waals surface area contributed by atoms with Crippen molar-refractivity contribution >= 4 is 38.3 Å². The van der Waals surface area contributed by atoms with E-state index in [0.29, 0.717) is 22.3 Å². The van der Waals surface area contributed by atoms with E-state index in [1.54, 1.807) is 23.9 Å². The van der Waals surface area contributed by atoms with Gasteiger partial charge < -0.3 is 5.73 Å². The quantitative estimate of drug-likeness (QED) is 0.823. The third kappa shape index (κ3) is 3.94. The molecule has 2 rings (SSSR count). The SMILES string of the molecule is C[C@H](F)C(CN)Cc1ccc(Cl)c2c(NS(C)(=O)=O)nn(C)c12. The zero-order valence-corrected chi connectivity index (χ0v) is 14.7. The van der Waals surface area contributed by atoms with Crippen LogP contribution in [-0.4, -0.2) is 37.2 Å². The van der Waals surface area contributed by atoms with Gasteiger partial charge in [-0.25, -0.2) is 12.8 Å². The molecular formula is C14H20ClFN4O2S. The second-order valence-corrected chi connectivity index (χ2v) is 7.81. The van der Waals surface area contributed by atoms with Gasteiger partial charge in [-0.2, -0.15) is 5.10 Å². The standard InChI is InChI=1S/C14H20ClFN4O2S/c1-8(16)10(7-17)6-9-4-5-11(15)12-13(9)20(2)18-14(12)19-23(3,21)22/h4-5,8,10H,6-7,17H2,1-3H3,(H,18,19)/t8-,10?/m0/s1. The lowest BCUT2D eigenvalue weighted by Gasteiger charge is -2.17. The normalized spacial score (nSPS) is 14.9. The molecule has 0 saturated carbocycles. The highest BCUT2D eigenvalue weighted by Gasteiger charge is 2.21. The molecule has 2 atom stereocenters. The fraction of sp³-hybridized carbons (Fsp3) is 0.500. The van der Waals surface area contributed by atoms with Crippen LogP contribution in [-0.2, 0) is 23.5 Å². The topological polar surface area (TPSA) is 90.0 Å². The molecule has 0 bridgehead atoms. The lowest BCUT2D eigenvalue weighted by molar-refractivity contribution is 0.252. The fourth-order valence-electron chi connectivity index (χ4n) is 2.58. The van der Waals surface area contributed by atoms with E-state index in [0.717, 1.165) is 11.8 Å². The second kappa shape index (κ2) is 6.62. The summed E-state index contributed by atoms with van der Waals surface area (Å²) in [5.41, 5.74) is 7.13. The third-order valence-corrected chi connectivity index (χ3v) is 4.62. The summed E-state index contributed by atoms with van der Waals surface area (Å²) in [5, 5.41) is 5.07. The van der Waals surface area contributed by atoms with E-state index in [1.165, 1.54) is 6.92 Å². The first-order chi connectivity index (χ1) is 10.6. The Morgan fingerprint density at radius 1 is 1.48 bits per heavy atom. The van der Waals surface area contributed by atoms with Gasteiger partial charge in [0.1, 0.15) is 6.17 Å². The number of fused-ring (bicyclic) bond motifs is 1. The number of aryl methyl sites for hydroxylation is 1. The lowest BCUT2D eigenvalue weighted by Crippen LogP contribution is -2.25. The Balaban J connectivity index is 2.59. The van der Waals surface area contributed by atoms with Gasteiger partial charge in [-0.15, -0.1) is 0 Å². The highest BCUT2D eigenvalue weighted by Crippen LogP contribution is 2.34. The number of halogens is 2. The Labute approximate surface area is 139 Å². The molecule has 1 aromatic heterocycles. The van der Waals surface area contributed by atoms with Crippen LogP contribution in [0.1, 0.15) is 12.5 Å². The van der Waals surface area contributed by atoms with Gasteiger partial charge in [0, 0.05) is 13.0 Å². The highest BCUT2D eigenvalue weighted by atomic mass is 35.5. The number of anilines is 1. The number of sulfonamides is 1. The molecule has 0 saturated heterocycles. The van der Waals surface area contributed by atoms with E-state index >= 15 is 0 Å². The molecule has 2 aromatic rings. The van der Waals surface area contributed by atoms with Crippen LogP contribution in [0.5, 0.6) is 0 Å². The van der Waals surface area contributed by atoms with Crippen LogP contribution in [0.2, 0.25) is 5.02 Å². The smallest absolute Gasteiger partial charge is 0.231 e. The number of nitrogens with two attached hydrogens (primary N) is 1. The first-order valence-electron chi connectivity index (χ1n) is 7.10. The highest BCUT2D eigenvalue weighted by molar-refractivity contribution is 7.92. The van der Waals surface area contributed by atoms with Crippen molar-refractivity contribution in [1.82, 2.24) is 9.78 Å². The summed E-state index contributed by atoms with van der Waals surface area (Å²) in [4.78, 5) is 0. The summed E-state index contributed by atoms with van der Waals surface area (Å²) in [6.45, 7) is 1.69. The molecule has 0 aliphatic carbocycles. The predicted octanol–water partition coefficient (Wildman–Crippen LogP) is 2.07. The van der Waals surface area contributed by atoms with E-state index in [4.69, 9.17) is 17.3 Å². The lowest BCUT2D eigenvalue weighted by atomic mass is 9.94. The molecule has 9 heteroatoms. The molecule has 23 heavy (non-hydrogen) atoms. The number of benzene rings is 1. The Bertz CT molecular complexity index is 820. The zero-order valence-electron chi connectivity index (χ0n) is 13.2.